The maximum atomic E-state index is 11.3. The lowest BCUT2D eigenvalue weighted by Crippen LogP contribution is -2.47. The van der Waals surface area contributed by atoms with Crippen molar-refractivity contribution in [3.63, 3.8) is 0 Å². The number of anilines is 1. The number of urea groups is 1. The summed E-state index contributed by atoms with van der Waals surface area (Å²) in [4.78, 5) is 16.1. The summed E-state index contributed by atoms with van der Waals surface area (Å²) in [6.07, 6.45) is 10.2. The Morgan fingerprint density at radius 3 is 2.71 bits per heavy atom. The highest BCUT2D eigenvalue weighted by molar-refractivity contribution is 6.43. The molecule has 3 N–H and O–H groups in total. The van der Waals surface area contributed by atoms with E-state index < -0.39 is 6.03 Å². The fourth-order valence-corrected chi connectivity index (χ4v) is 5.52. The predicted molar refractivity (Wildman–Crippen MR) is 127 cm³/mol. The maximum Gasteiger partial charge on any atom is 0.316 e. The molecule has 0 bridgehead atoms. The molecule has 2 amide bonds. The summed E-state index contributed by atoms with van der Waals surface area (Å²) >= 11 is 12.6. The zero-order chi connectivity index (χ0) is 21.8. The van der Waals surface area contributed by atoms with E-state index in [0.717, 1.165) is 74.5 Å². The van der Waals surface area contributed by atoms with Crippen molar-refractivity contribution >= 4 is 34.9 Å². The molecule has 1 aromatic carbocycles. The van der Waals surface area contributed by atoms with Gasteiger partial charge in [0.2, 0.25) is 0 Å². The molecule has 0 aliphatic carbocycles. The SMILES string of the molecule is NC(=O)NC1=C[N+]2(CCCCN3CCN(c4cccc(Cl)c4Cl)CC3)CCCCC2=C1. The number of carbonyl (C=O) groups excluding carboxylic acids is 1. The first-order valence-corrected chi connectivity index (χ1v) is 12.0. The quantitative estimate of drug-likeness (QED) is 0.466. The minimum absolute atomic E-state index is 0.487. The molecular formula is C23H32Cl2N5O+. The highest BCUT2D eigenvalue weighted by Gasteiger charge is 2.38. The van der Waals surface area contributed by atoms with Gasteiger partial charge in [-0.05, 0) is 44.4 Å². The van der Waals surface area contributed by atoms with Crippen LogP contribution in [-0.2, 0) is 0 Å². The molecule has 31 heavy (non-hydrogen) atoms. The number of amides is 2. The number of nitrogens with one attached hydrogen (secondary N) is 1. The topological polar surface area (TPSA) is 61.6 Å². The lowest BCUT2D eigenvalue weighted by atomic mass is 10.0. The van der Waals surface area contributed by atoms with Crippen LogP contribution in [0, 0.1) is 0 Å². The Hall–Kier alpha value is -1.73. The fraction of sp³-hybridized carbons (Fsp3) is 0.522. The molecule has 1 unspecified atom stereocenters. The van der Waals surface area contributed by atoms with Crippen LogP contribution in [0.25, 0.3) is 0 Å². The Kier molecular flexibility index (Phi) is 7.12. The predicted octanol–water partition coefficient (Wildman–Crippen LogP) is 4.30. The minimum Gasteiger partial charge on any atom is -0.368 e. The van der Waals surface area contributed by atoms with Gasteiger partial charge in [0, 0.05) is 38.7 Å². The van der Waals surface area contributed by atoms with Crippen molar-refractivity contribution in [2.75, 3.05) is 50.7 Å². The van der Waals surface area contributed by atoms with Crippen LogP contribution in [0.4, 0.5) is 10.5 Å². The summed E-state index contributed by atoms with van der Waals surface area (Å²) in [5, 5.41) is 4.04. The lowest BCUT2D eigenvalue weighted by Gasteiger charge is -2.38. The first-order valence-electron chi connectivity index (χ1n) is 11.3. The van der Waals surface area contributed by atoms with E-state index in [2.05, 4.69) is 27.4 Å². The third kappa shape index (κ3) is 5.20. The Bertz CT molecular complexity index is 879. The number of primary amides is 1. The minimum atomic E-state index is -0.487. The van der Waals surface area contributed by atoms with Gasteiger partial charge in [-0.15, -0.1) is 0 Å². The van der Waals surface area contributed by atoms with Crippen molar-refractivity contribution < 1.29 is 9.28 Å². The molecule has 168 valence electrons. The van der Waals surface area contributed by atoms with Gasteiger partial charge in [0.1, 0.15) is 17.6 Å². The molecule has 3 heterocycles. The highest BCUT2D eigenvalue weighted by atomic mass is 35.5. The Balaban J connectivity index is 1.24. The Morgan fingerprint density at radius 1 is 1.13 bits per heavy atom. The maximum absolute atomic E-state index is 11.3. The zero-order valence-corrected chi connectivity index (χ0v) is 19.5. The molecule has 2 fully saturated rings. The van der Waals surface area contributed by atoms with Gasteiger partial charge in [0.05, 0.1) is 28.8 Å². The molecule has 6 nitrogen and oxygen atoms in total. The number of hydrogen-bond donors (Lipinski definition) is 2. The smallest absolute Gasteiger partial charge is 0.316 e. The molecule has 3 aliphatic rings. The van der Waals surface area contributed by atoms with Crippen LogP contribution >= 0.6 is 23.2 Å². The van der Waals surface area contributed by atoms with Crippen LogP contribution < -0.4 is 16.0 Å². The third-order valence-electron chi connectivity index (χ3n) is 6.71. The molecule has 1 atom stereocenters. The second-order valence-corrected chi connectivity index (χ2v) is 9.54. The number of hydrogen-bond acceptors (Lipinski definition) is 3. The number of rotatable bonds is 7. The molecule has 1 aromatic rings. The number of piperidine rings is 1. The number of fused-ring (bicyclic) bond motifs is 1. The number of allylic oxidation sites excluding steroid dienone is 2. The van der Waals surface area contributed by atoms with Crippen molar-refractivity contribution in [1.82, 2.24) is 10.2 Å². The van der Waals surface area contributed by atoms with E-state index in [-0.39, 0.29) is 0 Å². The number of quaternary nitrogens is 1. The van der Waals surface area contributed by atoms with E-state index in [1.807, 2.05) is 18.2 Å². The second kappa shape index (κ2) is 9.82. The summed E-state index contributed by atoms with van der Waals surface area (Å²) in [5.41, 5.74) is 8.64. The van der Waals surface area contributed by atoms with Crippen LogP contribution in [0.3, 0.4) is 0 Å². The average molecular weight is 465 g/mol. The Labute approximate surface area is 194 Å². The van der Waals surface area contributed by atoms with Crippen LogP contribution in [0.1, 0.15) is 32.1 Å². The largest absolute Gasteiger partial charge is 0.368 e. The van der Waals surface area contributed by atoms with E-state index in [4.69, 9.17) is 28.9 Å². The molecule has 0 aromatic heterocycles. The first kappa shape index (κ1) is 22.5. The van der Waals surface area contributed by atoms with Gasteiger partial charge in [-0.1, -0.05) is 29.3 Å². The summed E-state index contributed by atoms with van der Waals surface area (Å²) in [6, 6.07) is 5.36. The normalized spacial score (nSPS) is 23.9. The van der Waals surface area contributed by atoms with Gasteiger partial charge in [-0.3, -0.25) is 9.38 Å². The standard InChI is InChI=1S/C23H31Cl2N5O/c24-20-7-5-8-21(22(20)25)29-12-10-28(11-13-29)9-2-4-15-30-14-3-1-6-19(30)16-18(17-30)27-23(26)31/h5,7-8,16-17H,1-4,6,9-15H2,(H2-,26,27,31)/p+1. The van der Waals surface area contributed by atoms with Gasteiger partial charge >= 0.3 is 6.03 Å². The summed E-state index contributed by atoms with van der Waals surface area (Å²) in [7, 11) is 0. The van der Waals surface area contributed by atoms with Crippen LogP contribution in [0.5, 0.6) is 0 Å². The number of carbonyl (C=O) groups is 1. The summed E-state index contributed by atoms with van der Waals surface area (Å²) < 4.78 is 0.899. The molecule has 0 radical (unpaired) electrons. The summed E-state index contributed by atoms with van der Waals surface area (Å²) in [6.45, 7) is 7.35. The average Bonchev–Trinajstić information content (AvgIpc) is 3.11. The number of nitrogens with two attached hydrogens (primary N) is 1. The molecule has 2 saturated heterocycles. The second-order valence-electron chi connectivity index (χ2n) is 8.76. The van der Waals surface area contributed by atoms with E-state index in [1.165, 1.54) is 25.0 Å². The first-order chi connectivity index (χ1) is 15.0. The van der Waals surface area contributed by atoms with E-state index in [1.54, 1.807) is 0 Å². The van der Waals surface area contributed by atoms with E-state index >= 15 is 0 Å². The van der Waals surface area contributed by atoms with E-state index in [9.17, 15) is 4.79 Å². The van der Waals surface area contributed by atoms with Crippen LogP contribution in [-0.4, -0.2) is 61.2 Å². The van der Waals surface area contributed by atoms with Gasteiger partial charge in [-0.25, -0.2) is 4.79 Å². The summed E-state index contributed by atoms with van der Waals surface area (Å²) in [5.74, 6) is 0. The van der Waals surface area contributed by atoms with Crippen molar-refractivity contribution in [2.24, 2.45) is 5.73 Å². The lowest BCUT2D eigenvalue weighted by molar-refractivity contribution is -0.845. The number of unbranched alkanes of at least 4 members (excludes halogenated alkanes) is 1. The number of benzene rings is 1. The van der Waals surface area contributed by atoms with Crippen LogP contribution in [0.15, 0.2) is 41.9 Å². The number of nitrogens with zero attached hydrogens (tertiary/aromatic N) is 3. The third-order valence-corrected chi connectivity index (χ3v) is 7.52. The van der Waals surface area contributed by atoms with Gasteiger partial charge in [0.15, 0.2) is 0 Å². The van der Waals surface area contributed by atoms with Crippen LogP contribution in [0.2, 0.25) is 10.0 Å². The molecule has 4 rings (SSSR count). The highest BCUT2D eigenvalue weighted by Crippen LogP contribution is 2.36. The molecule has 0 saturated carbocycles. The van der Waals surface area contributed by atoms with Crippen molar-refractivity contribution in [1.29, 1.82) is 0 Å². The van der Waals surface area contributed by atoms with Crippen molar-refractivity contribution in [2.45, 2.75) is 32.1 Å². The van der Waals surface area contributed by atoms with Gasteiger partial charge < -0.3 is 16.0 Å². The number of halogens is 2. The van der Waals surface area contributed by atoms with Crippen molar-refractivity contribution in [3.8, 4) is 0 Å². The van der Waals surface area contributed by atoms with Gasteiger partial charge in [-0.2, -0.15) is 0 Å². The molecule has 8 heteroatoms. The molecule has 3 aliphatic heterocycles. The monoisotopic (exact) mass is 464 g/mol. The molecule has 0 spiro atoms. The Morgan fingerprint density at radius 2 is 1.94 bits per heavy atom. The van der Waals surface area contributed by atoms with E-state index in [0.29, 0.717) is 10.0 Å². The van der Waals surface area contributed by atoms with Crippen molar-refractivity contribution in [3.05, 3.63) is 51.9 Å². The fourth-order valence-electron chi connectivity index (χ4n) is 5.11. The number of piperazine rings is 1. The zero-order valence-electron chi connectivity index (χ0n) is 18.0. The van der Waals surface area contributed by atoms with Gasteiger partial charge in [0.25, 0.3) is 0 Å². The molecular weight excluding hydrogens is 433 g/mol.